The third kappa shape index (κ3) is 4.93. The lowest BCUT2D eigenvalue weighted by Gasteiger charge is -2.28. The van der Waals surface area contributed by atoms with Crippen LogP contribution in [0.25, 0.3) is 0 Å². The summed E-state index contributed by atoms with van der Waals surface area (Å²) in [6, 6.07) is 5.26. The Morgan fingerprint density at radius 3 is 2.80 bits per heavy atom. The van der Waals surface area contributed by atoms with E-state index in [9.17, 15) is 4.79 Å². The van der Waals surface area contributed by atoms with E-state index in [4.69, 9.17) is 9.15 Å². The van der Waals surface area contributed by atoms with Crippen molar-refractivity contribution in [1.29, 1.82) is 0 Å². The molecule has 0 spiro atoms. The van der Waals surface area contributed by atoms with Crippen molar-refractivity contribution in [2.75, 3.05) is 49.6 Å². The van der Waals surface area contributed by atoms with Crippen LogP contribution in [0.1, 0.15) is 16.2 Å². The van der Waals surface area contributed by atoms with Crippen molar-refractivity contribution < 1.29 is 13.9 Å². The van der Waals surface area contributed by atoms with Gasteiger partial charge in [-0.15, -0.1) is 0 Å². The van der Waals surface area contributed by atoms with Crippen molar-refractivity contribution in [3.63, 3.8) is 0 Å². The van der Waals surface area contributed by atoms with Crippen molar-refractivity contribution in [2.24, 2.45) is 0 Å². The van der Waals surface area contributed by atoms with Crippen LogP contribution in [0.5, 0.6) is 0 Å². The third-order valence-electron chi connectivity index (χ3n) is 3.67. The maximum absolute atomic E-state index is 11.9. The second kappa shape index (κ2) is 8.30. The van der Waals surface area contributed by atoms with Gasteiger partial charge in [-0.3, -0.25) is 4.79 Å². The minimum Gasteiger partial charge on any atom is -0.444 e. The van der Waals surface area contributed by atoms with E-state index in [1.165, 1.54) is 0 Å². The number of morpholine rings is 1. The Labute approximate surface area is 154 Å². The van der Waals surface area contributed by atoms with Gasteiger partial charge in [-0.05, 0) is 35.0 Å². The second-order valence-electron chi connectivity index (χ2n) is 5.58. The number of furan rings is 1. The highest BCUT2D eigenvalue weighted by molar-refractivity contribution is 9.10. The first-order valence-electron chi connectivity index (χ1n) is 8.07. The second-order valence-corrected chi connectivity index (χ2v) is 6.36. The Balaban J connectivity index is 1.51. The fourth-order valence-electron chi connectivity index (χ4n) is 2.46. The number of nitrogens with zero attached hydrogens (tertiary/aromatic N) is 3. The molecule has 0 bridgehead atoms. The largest absolute Gasteiger partial charge is 0.444 e. The average molecular weight is 410 g/mol. The first kappa shape index (κ1) is 17.7. The maximum atomic E-state index is 11.9. The first-order chi connectivity index (χ1) is 12.1. The summed E-state index contributed by atoms with van der Waals surface area (Å²) in [5.74, 6) is 1.46. The predicted octanol–water partition coefficient (Wildman–Crippen LogP) is 1.82. The molecule has 2 aromatic rings. The van der Waals surface area contributed by atoms with Crippen LogP contribution in [0.15, 0.2) is 27.3 Å². The zero-order valence-electron chi connectivity index (χ0n) is 13.9. The van der Waals surface area contributed by atoms with Crippen molar-refractivity contribution in [3.8, 4) is 0 Å². The molecule has 1 aliphatic heterocycles. The van der Waals surface area contributed by atoms with E-state index >= 15 is 0 Å². The van der Waals surface area contributed by atoms with Crippen molar-refractivity contribution in [1.82, 2.24) is 15.3 Å². The smallest absolute Gasteiger partial charge is 0.287 e. The number of halogens is 1. The lowest BCUT2D eigenvalue weighted by molar-refractivity contribution is 0.0926. The molecule has 0 unspecified atom stereocenters. The molecule has 25 heavy (non-hydrogen) atoms. The molecule has 0 aliphatic carbocycles. The number of ether oxygens (including phenoxy) is 1. The highest BCUT2D eigenvalue weighted by Gasteiger charge is 2.14. The summed E-state index contributed by atoms with van der Waals surface area (Å²) in [4.78, 5) is 23.0. The van der Waals surface area contributed by atoms with Gasteiger partial charge in [-0.25, -0.2) is 4.98 Å². The highest BCUT2D eigenvalue weighted by atomic mass is 79.9. The van der Waals surface area contributed by atoms with Gasteiger partial charge in [0.1, 0.15) is 5.82 Å². The van der Waals surface area contributed by atoms with Crippen LogP contribution in [-0.4, -0.2) is 55.3 Å². The number of carbonyl (C=O) groups is 1. The monoisotopic (exact) mass is 409 g/mol. The van der Waals surface area contributed by atoms with Crippen LogP contribution in [0.2, 0.25) is 0 Å². The van der Waals surface area contributed by atoms with Crippen LogP contribution < -0.4 is 15.5 Å². The predicted molar refractivity (Wildman–Crippen MR) is 97.0 cm³/mol. The van der Waals surface area contributed by atoms with Crippen molar-refractivity contribution >= 4 is 33.6 Å². The summed E-state index contributed by atoms with van der Waals surface area (Å²) in [6.45, 7) is 5.95. The third-order valence-corrected chi connectivity index (χ3v) is 4.09. The molecule has 3 heterocycles. The highest BCUT2D eigenvalue weighted by Crippen LogP contribution is 2.16. The van der Waals surface area contributed by atoms with E-state index in [1.807, 2.05) is 13.0 Å². The normalized spacial score (nSPS) is 14.4. The fraction of sp³-hybridized carbons (Fsp3) is 0.438. The number of aromatic nitrogens is 2. The molecular formula is C16H20BrN5O3. The van der Waals surface area contributed by atoms with E-state index < -0.39 is 0 Å². The van der Waals surface area contributed by atoms with Gasteiger partial charge in [-0.1, -0.05) is 0 Å². The van der Waals surface area contributed by atoms with Gasteiger partial charge in [0.25, 0.3) is 5.91 Å². The lowest BCUT2D eigenvalue weighted by Crippen LogP contribution is -2.37. The average Bonchev–Trinajstić information content (AvgIpc) is 3.05. The summed E-state index contributed by atoms with van der Waals surface area (Å²) in [5, 5.41) is 5.92. The Morgan fingerprint density at radius 1 is 1.28 bits per heavy atom. The van der Waals surface area contributed by atoms with Crippen LogP contribution >= 0.6 is 15.9 Å². The Bertz CT molecular complexity index is 730. The molecule has 8 nitrogen and oxygen atoms in total. The number of anilines is 2. The topological polar surface area (TPSA) is 92.5 Å². The lowest BCUT2D eigenvalue weighted by atomic mass is 10.3. The zero-order valence-corrected chi connectivity index (χ0v) is 15.5. The summed E-state index contributed by atoms with van der Waals surface area (Å²) in [5.41, 5.74) is 0.892. The maximum Gasteiger partial charge on any atom is 0.287 e. The SMILES string of the molecule is Cc1cc(N2CCOCC2)nc(NCCNC(=O)c2ccc(Br)o2)n1. The number of carbonyl (C=O) groups excluding carboxylic acids is 1. The van der Waals surface area contributed by atoms with E-state index in [0.717, 1.165) is 24.6 Å². The number of hydrogen-bond acceptors (Lipinski definition) is 7. The molecule has 1 saturated heterocycles. The Morgan fingerprint density at radius 2 is 2.08 bits per heavy atom. The molecule has 1 amide bonds. The van der Waals surface area contributed by atoms with Gasteiger partial charge >= 0.3 is 0 Å². The quantitative estimate of drug-likeness (QED) is 0.702. The molecule has 0 aromatic carbocycles. The number of nitrogens with one attached hydrogen (secondary N) is 2. The zero-order chi connectivity index (χ0) is 17.6. The van der Waals surface area contributed by atoms with E-state index in [2.05, 4.69) is 41.4 Å². The number of hydrogen-bond donors (Lipinski definition) is 2. The standard InChI is InChI=1S/C16H20BrN5O3/c1-11-10-14(22-6-8-24-9-7-22)21-16(20-11)19-5-4-18-15(23)12-2-3-13(17)25-12/h2-3,10H,4-9H2,1H3,(H,18,23)(H,19,20,21). The van der Waals surface area contributed by atoms with Crippen LogP contribution in [0, 0.1) is 6.92 Å². The van der Waals surface area contributed by atoms with E-state index in [1.54, 1.807) is 12.1 Å². The number of amides is 1. The Kier molecular flexibility index (Phi) is 5.87. The summed E-state index contributed by atoms with van der Waals surface area (Å²) in [6.07, 6.45) is 0. The van der Waals surface area contributed by atoms with Crippen LogP contribution in [0.4, 0.5) is 11.8 Å². The van der Waals surface area contributed by atoms with Crippen LogP contribution in [0.3, 0.4) is 0 Å². The molecule has 9 heteroatoms. The van der Waals surface area contributed by atoms with Gasteiger partial charge in [0, 0.05) is 37.9 Å². The molecule has 0 radical (unpaired) electrons. The van der Waals surface area contributed by atoms with Gasteiger partial charge in [-0.2, -0.15) is 4.98 Å². The van der Waals surface area contributed by atoms with Gasteiger partial charge in [0.05, 0.1) is 13.2 Å². The first-order valence-corrected chi connectivity index (χ1v) is 8.87. The molecule has 1 fully saturated rings. The molecule has 134 valence electrons. The van der Waals surface area contributed by atoms with Crippen LogP contribution in [-0.2, 0) is 4.74 Å². The van der Waals surface area contributed by atoms with E-state index in [0.29, 0.717) is 36.9 Å². The van der Waals surface area contributed by atoms with E-state index in [-0.39, 0.29) is 11.7 Å². The fourth-order valence-corrected chi connectivity index (χ4v) is 2.77. The van der Waals surface area contributed by atoms with Crippen molar-refractivity contribution in [3.05, 3.63) is 34.3 Å². The molecule has 0 saturated carbocycles. The van der Waals surface area contributed by atoms with Crippen molar-refractivity contribution in [2.45, 2.75) is 6.92 Å². The summed E-state index contributed by atoms with van der Waals surface area (Å²) in [7, 11) is 0. The molecule has 3 rings (SSSR count). The molecule has 2 aromatic heterocycles. The summed E-state index contributed by atoms with van der Waals surface area (Å²) < 4.78 is 11.1. The van der Waals surface area contributed by atoms with Gasteiger partial charge in [0.15, 0.2) is 10.4 Å². The molecule has 0 atom stereocenters. The van der Waals surface area contributed by atoms with Gasteiger partial charge < -0.3 is 24.7 Å². The Hall–Kier alpha value is -2.13. The number of aryl methyl sites for hydroxylation is 1. The molecule has 1 aliphatic rings. The minimum atomic E-state index is -0.258. The number of rotatable bonds is 6. The summed E-state index contributed by atoms with van der Waals surface area (Å²) >= 11 is 3.17. The molecule has 2 N–H and O–H groups in total. The minimum absolute atomic E-state index is 0.258. The van der Waals surface area contributed by atoms with Gasteiger partial charge in [0.2, 0.25) is 5.95 Å². The molecular weight excluding hydrogens is 390 g/mol.